The smallest absolute Gasteiger partial charge is 0.231 e. The van der Waals surface area contributed by atoms with E-state index in [-0.39, 0.29) is 12.6 Å². The van der Waals surface area contributed by atoms with Gasteiger partial charge in [-0.1, -0.05) is 0 Å². The predicted octanol–water partition coefficient (Wildman–Crippen LogP) is 4.35. The van der Waals surface area contributed by atoms with Crippen molar-refractivity contribution in [3.05, 3.63) is 41.0 Å². The number of allylic oxidation sites excluding steroid dienone is 1. The van der Waals surface area contributed by atoms with Crippen molar-refractivity contribution >= 4 is 22.9 Å². The molecule has 0 aromatic heterocycles. The molecule has 1 heterocycles. The van der Waals surface area contributed by atoms with Crippen LogP contribution in [0.2, 0.25) is 0 Å². The van der Waals surface area contributed by atoms with Gasteiger partial charge in [0.05, 0.1) is 32.6 Å². The van der Waals surface area contributed by atoms with E-state index in [2.05, 4.69) is 5.32 Å². The second-order valence-electron chi connectivity index (χ2n) is 7.56. The Kier molecular flexibility index (Phi) is 5.94. The normalized spacial score (nSPS) is 16.6. The Hall–Kier alpha value is -3.68. The van der Waals surface area contributed by atoms with Crippen molar-refractivity contribution in [2.45, 2.75) is 26.2 Å². The maximum Gasteiger partial charge on any atom is 0.231 e. The van der Waals surface area contributed by atoms with E-state index in [0.717, 1.165) is 11.1 Å². The van der Waals surface area contributed by atoms with Gasteiger partial charge < -0.3 is 34.4 Å². The van der Waals surface area contributed by atoms with Crippen molar-refractivity contribution in [3.8, 4) is 28.7 Å². The van der Waals surface area contributed by atoms with Gasteiger partial charge in [-0.05, 0) is 37.5 Å². The Morgan fingerprint density at radius 2 is 1.62 bits per heavy atom. The molecule has 2 aromatic carbocycles. The molecular weight excluding hydrogens is 412 g/mol. The summed E-state index contributed by atoms with van der Waals surface area (Å²) in [5.74, 6) is 2.62. The molecule has 1 saturated carbocycles. The first kappa shape index (κ1) is 21.5. The molecule has 0 bridgehead atoms. The number of fused-ring (bicyclic) bond motifs is 1. The van der Waals surface area contributed by atoms with E-state index >= 15 is 0 Å². The lowest BCUT2D eigenvalue weighted by atomic mass is 9.87. The first-order chi connectivity index (χ1) is 15.5. The summed E-state index contributed by atoms with van der Waals surface area (Å²) in [6.07, 6.45) is 1.63. The quantitative estimate of drug-likeness (QED) is 0.647. The van der Waals surface area contributed by atoms with Gasteiger partial charge in [0.15, 0.2) is 28.8 Å². The summed E-state index contributed by atoms with van der Waals surface area (Å²) < 4.78 is 27.4. The molecule has 8 heteroatoms. The van der Waals surface area contributed by atoms with Gasteiger partial charge in [-0.2, -0.15) is 0 Å². The summed E-state index contributed by atoms with van der Waals surface area (Å²) in [6, 6.07) is 7.26. The molecule has 0 amide bonds. The highest BCUT2D eigenvalue weighted by Gasteiger charge is 2.28. The lowest BCUT2D eigenvalue weighted by Gasteiger charge is -2.23. The molecule has 0 unspecified atom stereocenters. The highest BCUT2D eigenvalue weighted by molar-refractivity contribution is 6.28. The number of carbonyl (C=O) groups excluding carboxylic acids is 1. The summed E-state index contributed by atoms with van der Waals surface area (Å²) in [7, 11) is 4.63. The minimum Gasteiger partial charge on any atom is -0.493 e. The molecular formula is C24H26N2O6. The fourth-order valence-electron chi connectivity index (χ4n) is 4.01. The number of Topliss-reactive ketones (excluding diaryl/α,β-unsaturated/α-hetero) is 1. The zero-order valence-electron chi connectivity index (χ0n) is 18.6. The van der Waals surface area contributed by atoms with Crippen LogP contribution in [-0.4, -0.2) is 39.6 Å². The van der Waals surface area contributed by atoms with Crippen molar-refractivity contribution in [1.29, 1.82) is 5.41 Å². The van der Waals surface area contributed by atoms with E-state index in [0.29, 0.717) is 70.7 Å². The molecule has 0 atom stereocenters. The average Bonchev–Trinajstić information content (AvgIpc) is 3.24. The minimum absolute atomic E-state index is 0.0618. The van der Waals surface area contributed by atoms with E-state index < -0.39 is 0 Å². The Morgan fingerprint density at radius 3 is 2.22 bits per heavy atom. The number of anilines is 1. The van der Waals surface area contributed by atoms with Gasteiger partial charge in [-0.3, -0.25) is 4.79 Å². The van der Waals surface area contributed by atoms with Gasteiger partial charge >= 0.3 is 0 Å². The van der Waals surface area contributed by atoms with Crippen molar-refractivity contribution in [1.82, 2.24) is 0 Å². The van der Waals surface area contributed by atoms with Gasteiger partial charge in [0.25, 0.3) is 0 Å². The monoisotopic (exact) mass is 438 g/mol. The van der Waals surface area contributed by atoms with Gasteiger partial charge in [-0.15, -0.1) is 0 Å². The summed E-state index contributed by atoms with van der Waals surface area (Å²) in [5, 5.41) is 11.9. The van der Waals surface area contributed by atoms with Gasteiger partial charge in [-0.25, -0.2) is 0 Å². The third-order valence-corrected chi connectivity index (χ3v) is 5.58. The first-order valence-corrected chi connectivity index (χ1v) is 10.3. The van der Waals surface area contributed by atoms with E-state index in [1.165, 1.54) is 0 Å². The molecule has 2 aromatic rings. The van der Waals surface area contributed by atoms with Crippen LogP contribution < -0.4 is 29.0 Å². The molecule has 2 aliphatic rings. The third-order valence-electron chi connectivity index (χ3n) is 5.58. The van der Waals surface area contributed by atoms with Gasteiger partial charge in [0.1, 0.15) is 0 Å². The van der Waals surface area contributed by atoms with Crippen LogP contribution in [0, 0.1) is 12.3 Å². The number of benzene rings is 2. The molecule has 1 aliphatic carbocycles. The van der Waals surface area contributed by atoms with Gasteiger partial charge in [0.2, 0.25) is 12.5 Å². The number of ether oxygens (including phenoxy) is 5. The van der Waals surface area contributed by atoms with E-state index in [1.807, 2.05) is 19.1 Å². The zero-order valence-corrected chi connectivity index (χ0v) is 18.6. The number of methoxy groups -OCH3 is 3. The first-order valence-electron chi connectivity index (χ1n) is 10.3. The molecule has 0 radical (unpaired) electrons. The second-order valence-corrected chi connectivity index (χ2v) is 7.56. The van der Waals surface area contributed by atoms with E-state index in [4.69, 9.17) is 29.1 Å². The topological polar surface area (TPSA) is 99.1 Å². The average molecular weight is 438 g/mol. The maximum absolute atomic E-state index is 12.9. The van der Waals surface area contributed by atoms with Crippen LogP contribution in [0.1, 0.15) is 30.4 Å². The number of rotatable bonds is 6. The van der Waals surface area contributed by atoms with Gasteiger partial charge in [0, 0.05) is 35.5 Å². The fourth-order valence-corrected chi connectivity index (χ4v) is 4.01. The van der Waals surface area contributed by atoms with Crippen LogP contribution in [0.15, 0.2) is 29.8 Å². The third kappa shape index (κ3) is 3.84. The molecule has 1 aliphatic heterocycles. The van der Waals surface area contributed by atoms with E-state index in [9.17, 15) is 4.79 Å². The molecule has 4 rings (SSSR count). The van der Waals surface area contributed by atoms with Crippen molar-refractivity contribution in [3.63, 3.8) is 0 Å². The number of hydrogen-bond acceptors (Lipinski definition) is 8. The van der Waals surface area contributed by atoms with Crippen molar-refractivity contribution in [2.75, 3.05) is 33.4 Å². The zero-order chi connectivity index (χ0) is 22.8. The highest BCUT2D eigenvalue weighted by Crippen LogP contribution is 2.43. The number of hydrogen-bond donors (Lipinski definition) is 2. The minimum atomic E-state index is -0.0618. The number of ketones is 1. The molecule has 32 heavy (non-hydrogen) atoms. The SMILES string of the molecule is COc1cc(N/C(=C2/C(=N)CCCC2=O)c2cc3c(cc2C)OCO3)cc(OC)c1OC. The summed E-state index contributed by atoms with van der Waals surface area (Å²) >= 11 is 0. The number of nitrogens with one attached hydrogen (secondary N) is 2. The molecule has 2 N–H and O–H groups in total. The second kappa shape index (κ2) is 8.82. The lowest BCUT2D eigenvalue weighted by molar-refractivity contribution is -0.115. The lowest BCUT2D eigenvalue weighted by Crippen LogP contribution is -2.22. The summed E-state index contributed by atoms with van der Waals surface area (Å²) in [4.78, 5) is 12.9. The maximum atomic E-state index is 12.9. The molecule has 8 nitrogen and oxygen atoms in total. The summed E-state index contributed by atoms with van der Waals surface area (Å²) in [5.41, 5.74) is 3.52. The largest absolute Gasteiger partial charge is 0.493 e. The van der Waals surface area contributed by atoms with Crippen molar-refractivity contribution in [2.24, 2.45) is 0 Å². The number of carbonyl (C=O) groups is 1. The Morgan fingerprint density at radius 1 is 0.969 bits per heavy atom. The van der Waals surface area contributed by atoms with E-state index in [1.54, 1.807) is 33.5 Å². The molecule has 168 valence electrons. The Labute approximate surface area is 186 Å². The van der Waals surface area contributed by atoms with Crippen LogP contribution >= 0.6 is 0 Å². The highest BCUT2D eigenvalue weighted by atomic mass is 16.7. The molecule has 0 saturated heterocycles. The Bertz CT molecular complexity index is 1080. The fraction of sp³-hybridized carbons (Fsp3) is 0.333. The van der Waals surface area contributed by atoms with Crippen LogP contribution in [-0.2, 0) is 4.79 Å². The van der Waals surface area contributed by atoms with Crippen LogP contribution in [0.25, 0.3) is 5.70 Å². The predicted molar refractivity (Wildman–Crippen MR) is 121 cm³/mol. The van der Waals surface area contributed by atoms with Crippen LogP contribution in [0.4, 0.5) is 5.69 Å². The molecule has 0 spiro atoms. The summed E-state index contributed by atoms with van der Waals surface area (Å²) in [6.45, 7) is 2.09. The number of aryl methyl sites for hydroxylation is 1. The van der Waals surface area contributed by atoms with Crippen LogP contribution in [0.3, 0.4) is 0 Å². The van der Waals surface area contributed by atoms with Crippen LogP contribution in [0.5, 0.6) is 28.7 Å². The Balaban J connectivity index is 1.89. The standard InChI is InChI=1S/C24H26N2O6/c1-13-8-18-19(32-12-31-18)11-15(13)23(22-16(25)6-5-7-17(22)27)26-14-9-20(28-2)24(30-4)21(10-14)29-3/h8-11,25-26H,5-7,12H2,1-4H3/b23-22-,25-16?. The molecule has 1 fully saturated rings. The van der Waals surface area contributed by atoms with Crippen molar-refractivity contribution < 1.29 is 28.5 Å².